The zero-order chi connectivity index (χ0) is 21.3. The maximum absolute atomic E-state index is 6.20. The number of benzene rings is 2. The summed E-state index contributed by atoms with van der Waals surface area (Å²) in [5.74, 6) is 0.853. The molecule has 2 aromatic heterocycles. The molecule has 2 aromatic carbocycles. The highest BCUT2D eigenvalue weighted by atomic mass is 35.5. The van der Waals surface area contributed by atoms with Crippen molar-refractivity contribution in [2.45, 2.75) is 19.4 Å². The number of nitrogen functional groups attached to an aromatic ring is 1. The van der Waals surface area contributed by atoms with Crippen molar-refractivity contribution < 1.29 is 0 Å². The van der Waals surface area contributed by atoms with Crippen molar-refractivity contribution in [1.29, 1.82) is 0 Å². The lowest BCUT2D eigenvalue weighted by atomic mass is 10.1. The van der Waals surface area contributed by atoms with Gasteiger partial charge in [0, 0.05) is 16.1 Å². The molecule has 0 amide bonds. The van der Waals surface area contributed by atoms with Crippen molar-refractivity contribution in [2.75, 3.05) is 12.3 Å². The first-order valence-electron chi connectivity index (χ1n) is 9.48. The Hall–Kier alpha value is -3.45. The second kappa shape index (κ2) is 7.76. The number of amidine groups is 1. The van der Waals surface area contributed by atoms with Crippen LogP contribution < -0.4 is 11.5 Å². The van der Waals surface area contributed by atoms with Gasteiger partial charge in [-0.2, -0.15) is 5.10 Å². The molecule has 152 valence electrons. The molecule has 0 radical (unpaired) electrons. The van der Waals surface area contributed by atoms with Gasteiger partial charge < -0.3 is 11.5 Å². The van der Waals surface area contributed by atoms with Crippen molar-refractivity contribution in [3.8, 4) is 11.3 Å². The van der Waals surface area contributed by atoms with Gasteiger partial charge in [-0.25, -0.2) is 14.6 Å². The Kier molecular flexibility index (Phi) is 5.13. The van der Waals surface area contributed by atoms with Gasteiger partial charge in [0.1, 0.15) is 23.7 Å². The largest absolute Gasteiger partial charge is 0.384 e. The third-order valence-corrected chi connectivity index (χ3v) is 5.14. The summed E-state index contributed by atoms with van der Waals surface area (Å²) in [4.78, 5) is 13.2. The quantitative estimate of drug-likeness (QED) is 0.377. The highest BCUT2D eigenvalue weighted by molar-refractivity contribution is 6.30. The van der Waals surface area contributed by atoms with Crippen LogP contribution in [-0.2, 0) is 5.54 Å². The van der Waals surface area contributed by atoms with Crippen molar-refractivity contribution in [3.05, 3.63) is 71.5 Å². The molecule has 0 bridgehead atoms. The summed E-state index contributed by atoms with van der Waals surface area (Å²) in [6, 6.07) is 17.1. The summed E-state index contributed by atoms with van der Waals surface area (Å²) in [5, 5.41) is 6.21. The van der Waals surface area contributed by atoms with E-state index in [9.17, 15) is 0 Å². The number of nitrogens with zero attached hydrogens (tertiary/aromatic N) is 5. The Bertz CT molecular complexity index is 1210. The van der Waals surface area contributed by atoms with Gasteiger partial charge in [-0.1, -0.05) is 54.1 Å². The van der Waals surface area contributed by atoms with E-state index in [4.69, 9.17) is 28.2 Å². The molecule has 0 spiro atoms. The molecule has 0 aliphatic heterocycles. The number of halogens is 1. The van der Waals surface area contributed by atoms with Gasteiger partial charge in [0.25, 0.3) is 0 Å². The van der Waals surface area contributed by atoms with Gasteiger partial charge >= 0.3 is 0 Å². The van der Waals surface area contributed by atoms with Gasteiger partial charge in [0.2, 0.25) is 0 Å². The molecule has 30 heavy (non-hydrogen) atoms. The molecule has 0 fully saturated rings. The van der Waals surface area contributed by atoms with Gasteiger partial charge in [-0.05, 0) is 26.0 Å². The molecule has 0 saturated heterocycles. The first kappa shape index (κ1) is 19.8. The average molecular weight is 420 g/mol. The highest BCUT2D eigenvalue weighted by Crippen LogP contribution is 2.33. The maximum atomic E-state index is 6.20. The first-order valence-corrected chi connectivity index (χ1v) is 9.85. The minimum absolute atomic E-state index is 0.374. The summed E-state index contributed by atoms with van der Waals surface area (Å²) < 4.78 is 1.84. The number of aliphatic imine (C=N–C) groups is 1. The maximum Gasteiger partial charge on any atom is 0.164 e. The third kappa shape index (κ3) is 3.71. The number of rotatable bonds is 5. The molecule has 0 saturated carbocycles. The number of aromatic nitrogens is 4. The predicted molar refractivity (Wildman–Crippen MR) is 122 cm³/mol. The van der Waals surface area contributed by atoms with E-state index in [1.54, 1.807) is 0 Å². The van der Waals surface area contributed by atoms with Gasteiger partial charge in [0.15, 0.2) is 5.65 Å². The van der Waals surface area contributed by atoms with Crippen LogP contribution in [-0.4, -0.2) is 32.1 Å². The van der Waals surface area contributed by atoms with Crippen LogP contribution in [0.2, 0.25) is 5.02 Å². The van der Waals surface area contributed by atoms with E-state index in [0.29, 0.717) is 39.9 Å². The number of fused-ring (bicyclic) bond motifs is 1. The van der Waals surface area contributed by atoms with E-state index in [2.05, 4.69) is 15.0 Å². The van der Waals surface area contributed by atoms with Gasteiger partial charge in [-0.3, -0.25) is 4.99 Å². The minimum Gasteiger partial charge on any atom is -0.384 e. The van der Waals surface area contributed by atoms with Crippen LogP contribution in [0.25, 0.3) is 22.3 Å². The zero-order valence-electron chi connectivity index (χ0n) is 16.7. The Morgan fingerprint density at radius 2 is 1.77 bits per heavy atom. The Morgan fingerprint density at radius 1 is 1.07 bits per heavy atom. The van der Waals surface area contributed by atoms with Crippen LogP contribution in [0.4, 0.5) is 5.82 Å². The molecular weight excluding hydrogens is 398 g/mol. The van der Waals surface area contributed by atoms with Crippen molar-refractivity contribution in [3.63, 3.8) is 0 Å². The predicted octanol–water partition coefficient (Wildman–Crippen LogP) is 3.87. The lowest BCUT2D eigenvalue weighted by Crippen LogP contribution is -2.32. The second-order valence-electron chi connectivity index (χ2n) is 7.60. The van der Waals surface area contributed by atoms with Gasteiger partial charge in [0.05, 0.1) is 17.5 Å². The molecule has 8 heteroatoms. The SMILES string of the molecule is CC(C)(CN=C(N)c1ccccc1)n1nc(-c2ccc(Cl)cc2)c2c(N)ncnc21. The van der Waals surface area contributed by atoms with Crippen molar-refractivity contribution in [2.24, 2.45) is 10.7 Å². The highest BCUT2D eigenvalue weighted by Gasteiger charge is 2.27. The normalized spacial score (nSPS) is 12.4. The Balaban J connectivity index is 1.78. The summed E-state index contributed by atoms with van der Waals surface area (Å²) in [6.45, 7) is 4.48. The van der Waals surface area contributed by atoms with Crippen LogP contribution in [0.15, 0.2) is 65.9 Å². The van der Waals surface area contributed by atoms with E-state index in [-0.39, 0.29) is 0 Å². The lowest BCUT2D eigenvalue weighted by molar-refractivity contribution is 0.341. The molecule has 2 heterocycles. The van der Waals surface area contributed by atoms with E-state index >= 15 is 0 Å². The van der Waals surface area contributed by atoms with Crippen LogP contribution in [0.5, 0.6) is 0 Å². The number of nitrogens with two attached hydrogens (primary N) is 2. The summed E-state index contributed by atoms with van der Waals surface area (Å²) in [6.07, 6.45) is 1.44. The topological polar surface area (TPSA) is 108 Å². The second-order valence-corrected chi connectivity index (χ2v) is 8.04. The van der Waals surface area contributed by atoms with Crippen molar-refractivity contribution >= 4 is 34.3 Å². The molecule has 4 N–H and O–H groups in total. The standard InChI is InChI=1S/C22H22ClN7/c1-22(2,12-26-19(24)15-6-4-3-5-7-15)30-21-17(20(25)27-13-28-21)18(29-30)14-8-10-16(23)11-9-14/h3-11,13H,12H2,1-2H3,(H2,24,26)(H2,25,27,28). The average Bonchev–Trinajstić information content (AvgIpc) is 3.15. The van der Waals surface area contributed by atoms with E-state index in [0.717, 1.165) is 11.1 Å². The fourth-order valence-corrected chi connectivity index (χ4v) is 3.38. The Labute approximate surface area is 179 Å². The van der Waals surface area contributed by atoms with E-state index in [1.807, 2.05) is 73.1 Å². The van der Waals surface area contributed by atoms with E-state index < -0.39 is 5.54 Å². The molecule has 4 aromatic rings. The Morgan fingerprint density at radius 3 is 2.47 bits per heavy atom. The summed E-state index contributed by atoms with van der Waals surface area (Å²) in [5.41, 5.74) is 15.0. The van der Waals surface area contributed by atoms with Crippen molar-refractivity contribution in [1.82, 2.24) is 19.7 Å². The van der Waals surface area contributed by atoms with Crippen LogP contribution >= 0.6 is 11.6 Å². The number of hydrogen-bond donors (Lipinski definition) is 2. The lowest BCUT2D eigenvalue weighted by Gasteiger charge is -2.24. The molecule has 0 unspecified atom stereocenters. The van der Waals surface area contributed by atoms with Crippen LogP contribution in [0, 0.1) is 0 Å². The monoisotopic (exact) mass is 419 g/mol. The third-order valence-electron chi connectivity index (χ3n) is 4.89. The van der Waals surface area contributed by atoms with Gasteiger partial charge in [-0.15, -0.1) is 0 Å². The number of anilines is 1. The van der Waals surface area contributed by atoms with Crippen LogP contribution in [0.1, 0.15) is 19.4 Å². The molecule has 0 atom stereocenters. The fourth-order valence-electron chi connectivity index (χ4n) is 3.25. The molecule has 0 aliphatic rings. The van der Waals surface area contributed by atoms with E-state index in [1.165, 1.54) is 6.33 Å². The number of hydrogen-bond acceptors (Lipinski definition) is 5. The molecular formula is C22H22ClN7. The zero-order valence-corrected chi connectivity index (χ0v) is 17.5. The molecule has 0 aliphatic carbocycles. The molecule has 7 nitrogen and oxygen atoms in total. The molecule has 4 rings (SSSR count). The fraction of sp³-hybridized carbons (Fsp3) is 0.182. The first-order chi connectivity index (χ1) is 14.4. The smallest absolute Gasteiger partial charge is 0.164 e. The summed E-state index contributed by atoms with van der Waals surface area (Å²) in [7, 11) is 0. The summed E-state index contributed by atoms with van der Waals surface area (Å²) >= 11 is 6.05. The van der Waals surface area contributed by atoms with Crippen LogP contribution in [0.3, 0.4) is 0 Å². The minimum atomic E-state index is -0.511.